The van der Waals surface area contributed by atoms with Crippen LogP contribution >= 0.6 is 12.2 Å². The molecule has 1 rings (SSSR count). The third-order valence-corrected chi connectivity index (χ3v) is 1.75. The Hall–Kier alpha value is -1.14. The molecule has 1 aromatic rings. The maximum absolute atomic E-state index is 10.0. The van der Waals surface area contributed by atoms with E-state index in [1.165, 1.54) is 0 Å². The lowest BCUT2D eigenvalue weighted by Crippen LogP contribution is -2.34. The molecule has 0 saturated carbocycles. The normalized spacial score (nSPS) is 11.7. The van der Waals surface area contributed by atoms with Crippen LogP contribution in [0.5, 0.6) is 0 Å². The van der Waals surface area contributed by atoms with Crippen LogP contribution in [-0.2, 0) is 4.79 Å². The first-order valence-corrected chi connectivity index (χ1v) is 4.56. The van der Waals surface area contributed by atoms with Crippen LogP contribution in [-0.4, -0.2) is 27.1 Å². The molecule has 0 saturated heterocycles. The lowest BCUT2D eigenvalue weighted by molar-refractivity contribution is -0.139. The predicted molar refractivity (Wildman–Crippen MR) is 56.4 cm³/mol. The van der Waals surface area contributed by atoms with Crippen molar-refractivity contribution in [2.24, 2.45) is 11.7 Å². The second kappa shape index (κ2) is 6.33. The lowest BCUT2D eigenvalue weighted by atomic mass is 10.1. The first kappa shape index (κ1) is 12.9. The van der Waals surface area contributed by atoms with Crippen LogP contribution in [0, 0.1) is 10.7 Å². The van der Waals surface area contributed by atoms with Gasteiger partial charge in [-0.15, -0.1) is 0 Å². The molecule has 0 aliphatic heterocycles. The van der Waals surface area contributed by atoms with E-state index < -0.39 is 12.0 Å². The summed E-state index contributed by atoms with van der Waals surface area (Å²) in [6.07, 6.45) is 3.50. The van der Waals surface area contributed by atoms with E-state index in [-0.39, 0.29) is 5.92 Å². The topological polar surface area (TPSA) is 94.9 Å². The van der Waals surface area contributed by atoms with Gasteiger partial charge in [-0.05, 0) is 18.1 Å². The molecule has 0 aromatic carbocycles. The van der Waals surface area contributed by atoms with Crippen LogP contribution in [0.15, 0.2) is 12.4 Å². The molecule has 1 atom stereocenters. The number of imidazole rings is 1. The number of nitrogens with one attached hydrogen (secondary N) is 2. The molecule has 1 aromatic heterocycles. The maximum atomic E-state index is 10.0. The molecule has 1 heterocycles. The van der Waals surface area contributed by atoms with E-state index in [1.54, 1.807) is 26.2 Å². The Morgan fingerprint density at radius 1 is 1.50 bits per heavy atom. The Morgan fingerprint density at radius 2 is 1.93 bits per heavy atom. The van der Waals surface area contributed by atoms with Gasteiger partial charge in [0.1, 0.15) is 6.04 Å². The predicted octanol–water partition coefficient (Wildman–Crippen LogP) is 1.13. The van der Waals surface area contributed by atoms with Crippen molar-refractivity contribution in [3.05, 3.63) is 17.2 Å². The van der Waals surface area contributed by atoms with Gasteiger partial charge >= 0.3 is 5.97 Å². The number of aliphatic carboxylic acids is 1. The summed E-state index contributed by atoms with van der Waals surface area (Å²) < 4.78 is 0.676. The van der Waals surface area contributed by atoms with Crippen LogP contribution in [0.1, 0.15) is 13.8 Å². The highest BCUT2D eigenvalue weighted by Crippen LogP contribution is 1.96. The van der Waals surface area contributed by atoms with Crippen molar-refractivity contribution in [3.8, 4) is 0 Å². The number of carboxylic acid groups (broad SMARTS) is 1. The minimum atomic E-state index is -0.931. The van der Waals surface area contributed by atoms with Crippen molar-refractivity contribution < 1.29 is 9.90 Å². The van der Waals surface area contributed by atoms with E-state index in [2.05, 4.69) is 22.2 Å². The summed E-state index contributed by atoms with van der Waals surface area (Å²) in [6, 6.07) is -0.713. The Labute approximate surface area is 87.3 Å². The number of aromatic amines is 2. The smallest absolute Gasteiger partial charge is 0.320 e. The van der Waals surface area contributed by atoms with Crippen LogP contribution < -0.4 is 5.73 Å². The fourth-order valence-corrected chi connectivity index (χ4v) is 0.698. The zero-order chi connectivity index (χ0) is 11.1. The van der Waals surface area contributed by atoms with Crippen LogP contribution in [0.3, 0.4) is 0 Å². The molecular formula is C8H15N3O2S. The van der Waals surface area contributed by atoms with Crippen LogP contribution in [0.2, 0.25) is 0 Å². The van der Waals surface area contributed by atoms with Gasteiger partial charge < -0.3 is 20.8 Å². The lowest BCUT2D eigenvalue weighted by Gasteiger charge is -2.07. The Balaban J connectivity index is 0.000000249. The average molecular weight is 217 g/mol. The van der Waals surface area contributed by atoms with Gasteiger partial charge in [0, 0.05) is 12.4 Å². The molecular weight excluding hydrogens is 202 g/mol. The molecule has 0 aliphatic rings. The van der Waals surface area contributed by atoms with Gasteiger partial charge in [-0.2, -0.15) is 0 Å². The number of hydrogen-bond donors (Lipinski definition) is 4. The minimum absolute atomic E-state index is 0.0208. The van der Waals surface area contributed by atoms with Gasteiger partial charge in [-0.1, -0.05) is 13.8 Å². The second-order valence-electron chi connectivity index (χ2n) is 3.06. The summed E-state index contributed by atoms with van der Waals surface area (Å²) >= 11 is 4.63. The SMILES string of the molecule is CC(C)[C@H](N)C(=O)O.S=c1[nH]cc[nH]1. The van der Waals surface area contributed by atoms with Gasteiger partial charge in [0.25, 0.3) is 0 Å². The van der Waals surface area contributed by atoms with E-state index >= 15 is 0 Å². The van der Waals surface area contributed by atoms with Crippen molar-refractivity contribution in [3.63, 3.8) is 0 Å². The molecule has 0 spiro atoms. The molecule has 0 radical (unpaired) electrons. The number of carboxylic acids is 1. The van der Waals surface area contributed by atoms with Crippen molar-refractivity contribution in [1.29, 1.82) is 0 Å². The first-order valence-electron chi connectivity index (χ1n) is 4.15. The molecule has 0 bridgehead atoms. The summed E-state index contributed by atoms with van der Waals surface area (Å²) in [4.78, 5) is 15.5. The van der Waals surface area contributed by atoms with Crippen molar-refractivity contribution in [2.75, 3.05) is 0 Å². The molecule has 80 valence electrons. The summed E-state index contributed by atoms with van der Waals surface area (Å²) in [6.45, 7) is 3.55. The van der Waals surface area contributed by atoms with E-state index in [1.807, 2.05) is 0 Å². The fraction of sp³-hybridized carbons (Fsp3) is 0.500. The van der Waals surface area contributed by atoms with Crippen molar-refractivity contribution in [2.45, 2.75) is 19.9 Å². The highest BCUT2D eigenvalue weighted by molar-refractivity contribution is 7.71. The number of rotatable bonds is 2. The average Bonchev–Trinajstić information content (AvgIpc) is 2.55. The van der Waals surface area contributed by atoms with E-state index in [4.69, 9.17) is 10.8 Å². The second-order valence-corrected chi connectivity index (χ2v) is 3.47. The minimum Gasteiger partial charge on any atom is -0.480 e. The van der Waals surface area contributed by atoms with Gasteiger partial charge in [0.2, 0.25) is 0 Å². The molecule has 0 amide bonds. The zero-order valence-corrected chi connectivity index (χ0v) is 8.97. The van der Waals surface area contributed by atoms with Crippen LogP contribution in [0.4, 0.5) is 0 Å². The van der Waals surface area contributed by atoms with Gasteiger partial charge in [0.05, 0.1) is 0 Å². The van der Waals surface area contributed by atoms with Crippen LogP contribution in [0.25, 0.3) is 0 Å². The number of hydrogen-bond acceptors (Lipinski definition) is 3. The zero-order valence-electron chi connectivity index (χ0n) is 8.15. The van der Waals surface area contributed by atoms with Crippen molar-refractivity contribution in [1.82, 2.24) is 9.97 Å². The summed E-state index contributed by atoms with van der Waals surface area (Å²) in [5.41, 5.74) is 5.16. The highest BCUT2D eigenvalue weighted by atomic mass is 32.1. The first-order chi connectivity index (χ1) is 6.45. The number of nitrogens with two attached hydrogens (primary N) is 1. The molecule has 14 heavy (non-hydrogen) atoms. The number of carbonyl (C=O) groups is 1. The third kappa shape index (κ3) is 5.50. The quantitative estimate of drug-likeness (QED) is 0.558. The summed E-state index contributed by atoms with van der Waals surface area (Å²) in [5.74, 6) is -0.910. The Morgan fingerprint density at radius 3 is 2.00 bits per heavy atom. The standard InChI is InChI=1S/C5H11NO2.C3H4N2S/c1-3(2)4(6)5(7)8;6-3-4-1-2-5-3/h3-4H,6H2,1-2H3,(H,7,8);1-2H,(H2,4,5,6)/t4-;/m0./s1. The Kier molecular flexibility index (Phi) is 5.82. The third-order valence-electron chi connectivity index (χ3n) is 1.52. The van der Waals surface area contributed by atoms with E-state index in [9.17, 15) is 4.79 Å². The summed E-state index contributed by atoms with van der Waals surface area (Å²) in [5, 5.41) is 8.23. The molecule has 0 aliphatic carbocycles. The molecule has 0 fully saturated rings. The Bertz CT molecular complexity index is 302. The molecule has 6 heteroatoms. The molecule has 5 N–H and O–H groups in total. The number of H-pyrrole nitrogens is 2. The van der Waals surface area contributed by atoms with Crippen molar-refractivity contribution >= 4 is 18.2 Å². The van der Waals surface area contributed by atoms with E-state index in [0.29, 0.717) is 4.77 Å². The highest BCUT2D eigenvalue weighted by Gasteiger charge is 2.14. The fourth-order valence-electron chi connectivity index (χ4n) is 0.562. The monoisotopic (exact) mass is 217 g/mol. The van der Waals surface area contributed by atoms with Gasteiger partial charge in [-0.3, -0.25) is 4.79 Å². The van der Waals surface area contributed by atoms with Gasteiger partial charge in [0.15, 0.2) is 4.77 Å². The van der Waals surface area contributed by atoms with E-state index in [0.717, 1.165) is 0 Å². The molecule has 0 unspecified atom stereocenters. The summed E-state index contributed by atoms with van der Waals surface area (Å²) in [7, 11) is 0. The van der Waals surface area contributed by atoms with Gasteiger partial charge in [-0.25, -0.2) is 0 Å². The largest absolute Gasteiger partial charge is 0.480 e. The number of aromatic nitrogens is 2. The molecule has 5 nitrogen and oxygen atoms in total. The maximum Gasteiger partial charge on any atom is 0.320 e.